The lowest BCUT2D eigenvalue weighted by Crippen LogP contribution is -2.38. The van der Waals surface area contributed by atoms with E-state index in [0.29, 0.717) is 17.3 Å². The second kappa shape index (κ2) is 7.58. The van der Waals surface area contributed by atoms with Crippen LogP contribution >= 0.6 is 0 Å². The largest absolute Gasteiger partial charge is 0.337 e. The summed E-state index contributed by atoms with van der Waals surface area (Å²) >= 11 is 0. The molecule has 1 aliphatic rings. The van der Waals surface area contributed by atoms with Gasteiger partial charge in [0.25, 0.3) is 5.91 Å². The van der Waals surface area contributed by atoms with Crippen LogP contribution < -0.4 is 0 Å². The average Bonchev–Trinajstić information content (AvgIpc) is 3.14. The summed E-state index contributed by atoms with van der Waals surface area (Å²) in [6.07, 6.45) is 2.05. The van der Waals surface area contributed by atoms with Crippen LogP contribution in [0.5, 0.6) is 0 Å². The molecule has 0 spiro atoms. The van der Waals surface area contributed by atoms with Crippen molar-refractivity contribution in [2.45, 2.75) is 26.7 Å². The maximum atomic E-state index is 13.3. The molecule has 0 unspecified atom stereocenters. The molecule has 0 aliphatic carbocycles. The SMILES string of the molecule is Cc1ccc(-n2nc(-c3ccc(F)cc3)cc2C(=O)N2CCC(C)CC2)cc1. The molecule has 28 heavy (non-hydrogen) atoms. The first-order chi connectivity index (χ1) is 13.5. The van der Waals surface area contributed by atoms with Gasteiger partial charge >= 0.3 is 0 Å². The number of piperidine rings is 1. The molecule has 1 fully saturated rings. The molecule has 2 heterocycles. The maximum Gasteiger partial charge on any atom is 0.272 e. The predicted octanol–water partition coefficient (Wildman–Crippen LogP) is 4.86. The van der Waals surface area contributed by atoms with E-state index in [1.54, 1.807) is 16.8 Å². The highest BCUT2D eigenvalue weighted by Gasteiger charge is 2.25. The van der Waals surface area contributed by atoms with Crippen molar-refractivity contribution in [2.24, 2.45) is 5.92 Å². The minimum Gasteiger partial charge on any atom is -0.337 e. The monoisotopic (exact) mass is 377 g/mol. The second-order valence-corrected chi connectivity index (χ2v) is 7.64. The van der Waals surface area contributed by atoms with Gasteiger partial charge in [-0.25, -0.2) is 9.07 Å². The lowest BCUT2D eigenvalue weighted by Gasteiger charge is -2.30. The Hall–Kier alpha value is -2.95. The highest BCUT2D eigenvalue weighted by Crippen LogP contribution is 2.25. The third-order valence-corrected chi connectivity index (χ3v) is 5.42. The van der Waals surface area contributed by atoms with Crippen molar-refractivity contribution in [2.75, 3.05) is 13.1 Å². The molecule has 3 aromatic rings. The van der Waals surface area contributed by atoms with Gasteiger partial charge in [0.15, 0.2) is 0 Å². The first-order valence-corrected chi connectivity index (χ1v) is 9.73. The van der Waals surface area contributed by atoms with Crippen LogP contribution in [-0.4, -0.2) is 33.7 Å². The van der Waals surface area contributed by atoms with Crippen LogP contribution in [0.25, 0.3) is 16.9 Å². The van der Waals surface area contributed by atoms with Crippen LogP contribution in [0.15, 0.2) is 54.6 Å². The second-order valence-electron chi connectivity index (χ2n) is 7.64. The lowest BCUT2D eigenvalue weighted by molar-refractivity contribution is 0.0688. The van der Waals surface area contributed by atoms with Gasteiger partial charge in [-0.1, -0.05) is 24.6 Å². The minimum absolute atomic E-state index is 0.00617. The third kappa shape index (κ3) is 3.70. The van der Waals surface area contributed by atoms with Gasteiger partial charge in [0.05, 0.1) is 11.4 Å². The molecule has 1 saturated heterocycles. The normalized spacial score (nSPS) is 15.0. The predicted molar refractivity (Wildman–Crippen MR) is 108 cm³/mol. The number of hydrogen-bond acceptors (Lipinski definition) is 2. The van der Waals surface area contributed by atoms with Gasteiger partial charge in [-0.2, -0.15) is 5.10 Å². The van der Waals surface area contributed by atoms with Crippen molar-refractivity contribution in [1.82, 2.24) is 14.7 Å². The Labute approximate surface area is 164 Å². The van der Waals surface area contributed by atoms with E-state index in [9.17, 15) is 9.18 Å². The number of carbonyl (C=O) groups excluding carboxylic acids is 1. The summed E-state index contributed by atoms with van der Waals surface area (Å²) in [4.78, 5) is 15.2. The van der Waals surface area contributed by atoms with Crippen molar-refractivity contribution in [3.05, 3.63) is 71.7 Å². The molecule has 1 aliphatic heterocycles. The van der Waals surface area contributed by atoms with E-state index >= 15 is 0 Å². The number of aromatic nitrogens is 2. The van der Waals surface area contributed by atoms with Crippen LogP contribution in [0.1, 0.15) is 35.8 Å². The average molecular weight is 377 g/mol. The number of likely N-dealkylation sites (tertiary alicyclic amines) is 1. The zero-order chi connectivity index (χ0) is 19.7. The van der Waals surface area contributed by atoms with Crippen molar-refractivity contribution >= 4 is 5.91 Å². The molecule has 1 aromatic heterocycles. The van der Waals surface area contributed by atoms with Gasteiger partial charge in [0.2, 0.25) is 0 Å². The topological polar surface area (TPSA) is 38.1 Å². The molecule has 4 rings (SSSR count). The fourth-order valence-electron chi connectivity index (χ4n) is 3.55. The zero-order valence-electron chi connectivity index (χ0n) is 16.2. The number of rotatable bonds is 3. The fraction of sp³-hybridized carbons (Fsp3) is 0.304. The van der Waals surface area contributed by atoms with Crippen molar-refractivity contribution in [3.63, 3.8) is 0 Å². The smallest absolute Gasteiger partial charge is 0.272 e. The van der Waals surface area contributed by atoms with E-state index in [2.05, 4.69) is 12.0 Å². The summed E-state index contributed by atoms with van der Waals surface area (Å²) in [5.74, 6) is 0.356. The number of amides is 1. The maximum absolute atomic E-state index is 13.3. The van der Waals surface area contributed by atoms with Crippen molar-refractivity contribution < 1.29 is 9.18 Å². The molecular weight excluding hydrogens is 353 g/mol. The summed E-state index contributed by atoms with van der Waals surface area (Å²) in [5.41, 5.74) is 3.97. The van der Waals surface area contributed by atoms with E-state index in [-0.39, 0.29) is 11.7 Å². The number of benzene rings is 2. The summed E-state index contributed by atoms with van der Waals surface area (Å²) < 4.78 is 15.0. The molecule has 0 atom stereocenters. The Kier molecular flexibility index (Phi) is 4.99. The van der Waals surface area contributed by atoms with Gasteiger partial charge in [-0.05, 0) is 68.1 Å². The Bertz CT molecular complexity index is 968. The first kappa shape index (κ1) is 18.4. The number of nitrogens with zero attached hydrogens (tertiary/aromatic N) is 3. The van der Waals surface area contributed by atoms with Crippen LogP contribution in [0.4, 0.5) is 4.39 Å². The van der Waals surface area contributed by atoms with E-state index in [1.807, 2.05) is 42.2 Å². The molecule has 0 radical (unpaired) electrons. The van der Waals surface area contributed by atoms with Crippen molar-refractivity contribution in [1.29, 1.82) is 0 Å². The van der Waals surface area contributed by atoms with E-state index in [1.165, 1.54) is 12.1 Å². The van der Waals surface area contributed by atoms with Gasteiger partial charge < -0.3 is 4.90 Å². The standard InChI is InChI=1S/C23H24FN3O/c1-16-3-9-20(10-4-16)27-22(23(28)26-13-11-17(2)12-14-26)15-21(25-27)18-5-7-19(24)8-6-18/h3-10,15,17H,11-14H2,1-2H3. The van der Waals surface area contributed by atoms with Crippen LogP contribution in [-0.2, 0) is 0 Å². The third-order valence-electron chi connectivity index (χ3n) is 5.42. The number of aryl methyl sites for hydroxylation is 1. The highest BCUT2D eigenvalue weighted by molar-refractivity contribution is 5.94. The molecule has 0 saturated carbocycles. The van der Waals surface area contributed by atoms with E-state index in [4.69, 9.17) is 0 Å². The summed E-state index contributed by atoms with van der Waals surface area (Å²) in [6, 6.07) is 15.9. The summed E-state index contributed by atoms with van der Waals surface area (Å²) in [5, 5.41) is 4.69. The Balaban J connectivity index is 1.75. The van der Waals surface area contributed by atoms with Gasteiger partial charge in [-0.15, -0.1) is 0 Å². The molecule has 4 nitrogen and oxygen atoms in total. The molecule has 5 heteroatoms. The molecule has 2 aromatic carbocycles. The summed E-state index contributed by atoms with van der Waals surface area (Å²) in [6.45, 7) is 5.79. The molecule has 144 valence electrons. The van der Waals surface area contributed by atoms with Gasteiger partial charge in [-0.3, -0.25) is 4.79 Å². The summed E-state index contributed by atoms with van der Waals surface area (Å²) in [7, 11) is 0. The minimum atomic E-state index is -0.291. The van der Waals surface area contributed by atoms with Crippen molar-refractivity contribution in [3.8, 4) is 16.9 Å². The van der Waals surface area contributed by atoms with E-state index in [0.717, 1.165) is 42.7 Å². The molecule has 0 N–H and O–H groups in total. The quantitative estimate of drug-likeness (QED) is 0.654. The number of hydrogen-bond donors (Lipinski definition) is 0. The van der Waals surface area contributed by atoms with Gasteiger partial charge in [0.1, 0.15) is 11.5 Å². The zero-order valence-corrected chi connectivity index (χ0v) is 16.2. The molecule has 1 amide bonds. The van der Waals surface area contributed by atoms with Gasteiger partial charge in [0, 0.05) is 18.7 Å². The number of halogens is 1. The highest BCUT2D eigenvalue weighted by atomic mass is 19.1. The van der Waals surface area contributed by atoms with Crippen LogP contribution in [0, 0.1) is 18.7 Å². The molecular formula is C23H24FN3O. The first-order valence-electron chi connectivity index (χ1n) is 9.73. The Morgan fingerprint density at radius 1 is 1.04 bits per heavy atom. The number of carbonyl (C=O) groups is 1. The molecule has 0 bridgehead atoms. The lowest BCUT2D eigenvalue weighted by atomic mass is 9.99. The van der Waals surface area contributed by atoms with Crippen LogP contribution in [0.3, 0.4) is 0 Å². The fourth-order valence-corrected chi connectivity index (χ4v) is 3.55. The Morgan fingerprint density at radius 3 is 2.32 bits per heavy atom. The van der Waals surface area contributed by atoms with Crippen LogP contribution in [0.2, 0.25) is 0 Å². The van der Waals surface area contributed by atoms with E-state index < -0.39 is 0 Å². The Morgan fingerprint density at radius 2 is 1.68 bits per heavy atom.